The SMILES string of the molecule is Cc1cnc(NC(=O)c2cccc(OCC(N)=O)c2)s1. The number of nitrogens with zero attached hydrogens (tertiary/aromatic N) is 1. The number of amides is 2. The van der Waals surface area contributed by atoms with Crippen LogP contribution in [0.4, 0.5) is 5.13 Å². The molecule has 1 heterocycles. The Hall–Kier alpha value is -2.41. The molecule has 0 bridgehead atoms. The molecule has 0 fully saturated rings. The van der Waals surface area contributed by atoms with Gasteiger partial charge in [0.05, 0.1) is 0 Å². The van der Waals surface area contributed by atoms with Crippen molar-refractivity contribution < 1.29 is 14.3 Å². The molecule has 2 aromatic rings. The number of carbonyl (C=O) groups is 2. The molecule has 6 nitrogen and oxygen atoms in total. The minimum Gasteiger partial charge on any atom is -0.484 e. The van der Waals surface area contributed by atoms with E-state index in [1.54, 1.807) is 30.5 Å². The average Bonchev–Trinajstić information content (AvgIpc) is 2.82. The molecule has 2 amide bonds. The van der Waals surface area contributed by atoms with Gasteiger partial charge in [0.25, 0.3) is 11.8 Å². The molecule has 7 heteroatoms. The van der Waals surface area contributed by atoms with Gasteiger partial charge in [-0.1, -0.05) is 6.07 Å². The summed E-state index contributed by atoms with van der Waals surface area (Å²) in [6.07, 6.45) is 1.69. The number of aromatic nitrogens is 1. The fourth-order valence-electron chi connectivity index (χ4n) is 1.46. The summed E-state index contributed by atoms with van der Waals surface area (Å²) in [5, 5.41) is 3.23. The normalized spacial score (nSPS) is 10.1. The third kappa shape index (κ3) is 3.79. The Labute approximate surface area is 119 Å². The van der Waals surface area contributed by atoms with E-state index >= 15 is 0 Å². The lowest BCUT2D eigenvalue weighted by Gasteiger charge is -2.06. The summed E-state index contributed by atoms with van der Waals surface area (Å²) in [5.74, 6) is -0.450. The quantitative estimate of drug-likeness (QED) is 0.874. The summed E-state index contributed by atoms with van der Waals surface area (Å²) in [7, 11) is 0. The first-order chi connectivity index (χ1) is 9.54. The molecule has 0 spiro atoms. The summed E-state index contributed by atoms with van der Waals surface area (Å²) < 4.78 is 5.15. The van der Waals surface area contributed by atoms with Crippen molar-refractivity contribution in [2.45, 2.75) is 6.92 Å². The second-order valence-electron chi connectivity index (χ2n) is 4.01. The van der Waals surface area contributed by atoms with Gasteiger partial charge in [0, 0.05) is 16.6 Å². The third-order valence-electron chi connectivity index (χ3n) is 2.32. The molecule has 0 radical (unpaired) electrons. The van der Waals surface area contributed by atoms with Gasteiger partial charge in [0.15, 0.2) is 11.7 Å². The number of nitrogens with one attached hydrogen (secondary N) is 1. The lowest BCUT2D eigenvalue weighted by Crippen LogP contribution is -2.20. The summed E-state index contributed by atoms with van der Waals surface area (Å²) in [6, 6.07) is 6.50. The molecule has 0 aliphatic heterocycles. The lowest BCUT2D eigenvalue weighted by atomic mass is 10.2. The molecule has 0 saturated heterocycles. The van der Waals surface area contributed by atoms with Crippen molar-refractivity contribution in [1.29, 1.82) is 0 Å². The zero-order valence-electron chi connectivity index (χ0n) is 10.8. The monoisotopic (exact) mass is 291 g/mol. The van der Waals surface area contributed by atoms with Crippen LogP contribution in [0.5, 0.6) is 5.75 Å². The predicted octanol–water partition coefficient (Wildman–Crippen LogP) is 1.57. The van der Waals surface area contributed by atoms with Crippen LogP contribution in [0, 0.1) is 6.92 Å². The summed E-state index contributed by atoms with van der Waals surface area (Å²) >= 11 is 1.39. The van der Waals surface area contributed by atoms with E-state index in [1.807, 2.05) is 6.92 Å². The van der Waals surface area contributed by atoms with E-state index in [4.69, 9.17) is 10.5 Å². The van der Waals surface area contributed by atoms with Crippen LogP contribution in [0.15, 0.2) is 30.5 Å². The Morgan fingerprint density at radius 2 is 2.25 bits per heavy atom. The van der Waals surface area contributed by atoms with E-state index in [0.29, 0.717) is 16.4 Å². The standard InChI is InChI=1S/C13H13N3O3S/c1-8-6-15-13(20-8)16-12(18)9-3-2-4-10(5-9)19-7-11(14)17/h2-6H,7H2,1H3,(H2,14,17)(H,15,16,18). The number of rotatable bonds is 5. The van der Waals surface area contributed by atoms with Crippen LogP contribution in [0.25, 0.3) is 0 Å². The average molecular weight is 291 g/mol. The first kappa shape index (κ1) is 14.0. The molecule has 20 heavy (non-hydrogen) atoms. The molecule has 0 aliphatic carbocycles. The van der Waals surface area contributed by atoms with Crippen molar-refractivity contribution in [3.05, 3.63) is 40.9 Å². The zero-order valence-corrected chi connectivity index (χ0v) is 11.6. The molecule has 0 saturated carbocycles. The number of primary amides is 1. The highest BCUT2D eigenvalue weighted by Crippen LogP contribution is 2.19. The van der Waals surface area contributed by atoms with Crippen LogP contribution < -0.4 is 15.8 Å². The minimum atomic E-state index is -0.571. The number of hydrogen-bond acceptors (Lipinski definition) is 5. The van der Waals surface area contributed by atoms with Crippen LogP contribution >= 0.6 is 11.3 Å². The van der Waals surface area contributed by atoms with Crippen molar-refractivity contribution in [1.82, 2.24) is 4.98 Å². The summed E-state index contributed by atoms with van der Waals surface area (Å²) in [6.45, 7) is 1.68. The van der Waals surface area contributed by atoms with E-state index in [2.05, 4.69) is 10.3 Å². The molecular formula is C13H13N3O3S. The maximum Gasteiger partial charge on any atom is 0.257 e. The van der Waals surface area contributed by atoms with Gasteiger partial charge in [0.1, 0.15) is 5.75 Å². The van der Waals surface area contributed by atoms with E-state index in [9.17, 15) is 9.59 Å². The van der Waals surface area contributed by atoms with Gasteiger partial charge in [0.2, 0.25) is 0 Å². The molecular weight excluding hydrogens is 278 g/mol. The minimum absolute atomic E-state index is 0.225. The van der Waals surface area contributed by atoms with Gasteiger partial charge in [-0.15, -0.1) is 11.3 Å². The van der Waals surface area contributed by atoms with Crippen molar-refractivity contribution >= 4 is 28.3 Å². The fourth-order valence-corrected chi connectivity index (χ4v) is 2.12. The number of hydrogen-bond donors (Lipinski definition) is 2. The van der Waals surface area contributed by atoms with E-state index in [-0.39, 0.29) is 12.5 Å². The number of carbonyl (C=O) groups excluding carboxylic acids is 2. The number of benzene rings is 1. The maximum absolute atomic E-state index is 12.0. The molecule has 0 unspecified atom stereocenters. The first-order valence-corrected chi connectivity index (χ1v) is 6.61. The molecule has 104 valence electrons. The topological polar surface area (TPSA) is 94.3 Å². The van der Waals surface area contributed by atoms with E-state index in [1.165, 1.54) is 11.3 Å². The van der Waals surface area contributed by atoms with Crippen LogP contribution in [0.3, 0.4) is 0 Å². The number of nitrogens with two attached hydrogens (primary N) is 1. The number of ether oxygens (including phenoxy) is 1. The summed E-state index contributed by atoms with van der Waals surface area (Å²) in [5.41, 5.74) is 5.41. The van der Waals surface area contributed by atoms with Gasteiger partial charge in [-0.05, 0) is 25.1 Å². The Balaban J connectivity index is 2.06. The maximum atomic E-state index is 12.0. The lowest BCUT2D eigenvalue weighted by molar-refractivity contribution is -0.119. The Kier molecular flexibility index (Phi) is 4.31. The molecule has 1 aromatic heterocycles. The zero-order chi connectivity index (χ0) is 14.5. The number of thiazole rings is 1. The highest BCUT2D eigenvalue weighted by atomic mass is 32.1. The molecule has 1 aromatic carbocycles. The number of anilines is 1. The molecule has 3 N–H and O–H groups in total. The van der Waals surface area contributed by atoms with Gasteiger partial charge >= 0.3 is 0 Å². The fraction of sp³-hybridized carbons (Fsp3) is 0.154. The predicted molar refractivity (Wildman–Crippen MR) is 75.9 cm³/mol. The second kappa shape index (κ2) is 6.16. The van der Waals surface area contributed by atoms with Gasteiger partial charge in [-0.25, -0.2) is 4.98 Å². The van der Waals surface area contributed by atoms with Crippen molar-refractivity contribution in [3.8, 4) is 5.75 Å². The van der Waals surface area contributed by atoms with Gasteiger partial charge in [-0.2, -0.15) is 0 Å². The van der Waals surface area contributed by atoms with Gasteiger partial charge in [-0.3, -0.25) is 14.9 Å². The van der Waals surface area contributed by atoms with Crippen molar-refractivity contribution in [2.24, 2.45) is 5.73 Å². The van der Waals surface area contributed by atoms with Crippen LogP contribution in [0.2, 0.25) is 0 Å². The van der Waals surface area contributed by atoms with Crippen molar-refractivity contribution in [2.75, 3.05) is 11.9 Å². The highest BCUT2D eigenvalue weighted by Gasteiger charge is 2.09. The molecule has 0 aliphatic rings. The smallest absolute Gasteiger partial charge is 0.257 e. The van der Waals surface area contributed by atoms with Crippen LogP contribution in [-0.2, 0) is 4.79 Å². The largest absolute Gasteiger partial charge is 0.484 e. The van der Waals surface area contributed by atoms with Gasteiger partial charge < -0.3 is 10.5 Å². The van der Waals surface area contributed by atoms with Crippen molar-refractivity contribution in [3.63, 3.8) is 0 Å². The first-order valence-electron chi connectivity index (χ1n) is 5.79. The van der Waals surface area contributed by atoms with Crippen LogP contribution in [0.1, 0.15) is 15.2 Å². The Bertz CT molecular complexity index is 639. The molecule has 2 rings (SSSR count). The third-order valence-corrected chi connectivity index (χ3v) is 3.15. The Morgan fingerprint density at radius 3 is 2.90 bits per heavy atom. The number of aryl methyl sites for hydroxylation is 1. The summed E-state index contributed by atoms with van der Waals surface area (Å²) in [4.78, 5) is 27.7. The van der Waals surface area contributed by atoms with E-state index in [0.717, 1.165) is 4.88 Å². The van der Waals surface area contributed by atoms with E-state index < -0.39 is 5.91 Å². The second-order valence-corrected chi connectivity index (χ2v) is 5.25. The highest BCUT2D eigenvalue weighted by molar-refractivity contribution is 7.15. The van der Waals surface area contributed by atoms with Crippen LogP contribution in [-0.4, -0.2) is 23.4 Å². The Morgan fingerprint density at radius 1 is 1.45 bits per heavy atom. The molecule has 0 atom stereocenters.